The number of nitrogens with zero attached hydrogens (tertiary/aromatic N) is 2. The fourth-order valence-corrected chi connectivity index (χ4v) is 20.3. The second kappa shape index (κ2) is 27.3. The molecule has 0 aromatic heterocycles. The van der Waals surface area contributed by atoms with Gasteiger partial charge in [-0.1, -0.05) is 343 Å². The third-order valence-corrected chi connectivity index (χ3v) is 26.1. The Morgan fingerprint density at radius 1 is 0.349 bits per heavy atom. The molecule has 6 aliphatic carbocycles. The van der Waals surface area contributed by atoms with Gasteiger partial charge in [-0.15, -0.1) is 0 Å². The third-order valence-electron chi connectivity index (χ3n) is 26.1. The molecule has 0 amide bonds. The molecule has 0 radical (unpaired) electrons. The first-order valence-electron chi connectivity index (χ1n) is 41.0. The largest absolute Gasteiger partial charge is 0.310 e. The number of hydrogen-bond acceptors (Lipinski definition) is 2. The summed E-state index contributed by atoms with van der Waals surface area (Å²) in [6.07, 6.45) is 29.2. The van der Waals surface area contributed by atoms with Gasteiger partial charge in [0.1, 0.15) is 0 Å². The van der Waals surface area contributed by atoms with Crippen LogP contribution in [0.2, 0.25) is 0 Å². The van der Waals surface area contributed by atoms with Crippen LogP contribution in [-0.4, -0.2) is 6.71 Å². The van der Waals surface area contributed by atoms with E-state index in [9.17, 15) is 0 Å². The average Bonchev–Trinajstić information content (AvgIpc) is 0.687. The second-order valence-electron chi connectivity index (χ2n) is 36.0. The first-order chi connectivity index (χ1) is 52.9. The summed E-state index contributed by atoms with van der Waals surface area (Å²) in [7, 11) is 0. The van der Waals surface area contributed by atoms with Crippen molar-refractivity contribution in [1.29, 1.82) is 0 Å². The molecule has 19 rings (SSSR count). The number of benzene rings is 11. The van der Waals surface area contributed by atoms with Crippen molar-refractivity contribution < 1.29 is 0 Å². The van der Waals surface area contributed by atoms with Crippen molar-refractivity contribution >= 4 is 62.8 Å². The third kappa shape index (κ3) is 12.3. The lowest BCUT2D eigenvalue weighted by molar-refractivity contribution is 0.328. The smallest absolute Gasteiger partial charge is 0.252 e. The van der Waals surface area contributed by atoms with E-state index in [1.54, 1.807) is 5.57 Å². The van der Waals surface area contributed by atoms with Crippen molar-refractivity contribution in [2.75, 3.05) is 9.80 Å². The zero-order valence-corrected chi connectivity index (χ0v) is 65.3. The van der Waals surface area contributed by atoms with E-state index in [1.807, 2.05) is 0 Å². The molecule has 11 aromatic carbocycles. The predicted octanol–water partition coefficient (Wildman–Crippen LogP) is 27.6. The fraction of sp³-hybridized carbons (Fsp3) is 0.264. The average molecular weight is 1410 g/mol. The summed E-state index contributed by atoms with van der Waals surface area (Å²) in [6, 6.07) is 97.9. The van der Waals surface area contributed by atoms with Crippen molar-refractivity contribution in [3.8, 4) is 66.8 Å². The van der Waals surface area contributed by atoms with Crippen LogP contribution < -0.4 is 26.2 Å². The standard InChI is InChI=1S/C106H101BN2/c1-104(2,3)84-51-47-71(48-52-84)82-65-97-101-98(66-82)109(103-90(74-41-27-15-28-42-74)60-81(70-35-21-12-22-36-70)61-91(103)75-43-29-16-30-44-75)96-64-76(68-31-17-10-18-32-68)49-53-93(96)107(101)94-63-77(87-62-83-57-85(105(4,5)6)55-78-45-46-79-56-86(106(7,8)9)67-92(87)100(79)99(78)83)50-54-95(94)108(97)102-88(72-37-23-13-24-38-72)58-80(69-33-19-11-20-34-69)59-89(102)73-39-25-14-26-40-73/h10,13-18,23-32,37-54,56-67,69-70,78,99-100H,11-12,19-22,33-36,55H2,1-9H3. The highest BCUT2D eigenvalue weighted by Gasteiger charge is 2.49. The predicted molar refractivity (Wildman–Crippen MR) is 466 cm³/mol. The summed E-state index contributed by atoms with van der Waals surface area (Å²) in [4.78, 5) is 5.61. The molecular weight excluding hydrogens is 1310 g/mol. The summed E-state index contributed by atoms with van der Waals surface area (Å²) < 4.78 is 0. The summed E-state index contributed by atoms with van der Waals surface area (Å²) >= 11 is 0. The molecule has 0 bridgehead atoms. The van der Waals surface area contributed by atoms with Gasteiger partial charge < -0.3 is 9.80 Å². The molecular formula is C106H101BN2. The minimum Gasteiger partial charge on any atom is -0.310 e. The van der Waals surface area contributed by atoms with Crippen molar-refractivity contribution in [3.63, 3.8) is 0 Å². The molecule has 538 valence electrons. The van der Waals surface area contributed by atoms with Crippen LogP contribution in [-0.2, 0) is 5.41 Å². The van der Waals surface area contributed by atoms with Gasteiger partial charge in [0.25, 0.3) is 6.71 Å². The van der Waals surface area contributed by atoms with Crippen LogP contribution in [0.15, 0.2) is 313 Å². The minimum absolute atomic E-state index is 0.0348. The first kappa shape index (κ1) is 69.0. The normalized spacial score (nSPS) is 18.9. The number of allylic oxidation sites excluding steroid dienone is 12. The van der Waals surface area contributed by atoms with Crippen LogP contribution in [0.1, 0.15) is 167 Å². The van der Waals surface area contributed by atoms with E-state index < -0.39 is 0 Å². The molecule has 2 nitrogen and oxygen atoms in total. The zero-order chi connectivity index (χ0) is 74.0. The highest BCUT2D eigenvalue weighted by atomic mass is 15.2. The van der Waals surface area contributed by atoms with Gasteiger partial charge in [0.05, 0.1) is 11.4 Å². The SMILES string of the molecule is CC(C)(C)C1=CC2=C(c3ccc4c(c3)B3c5ccc(-c6ccccc6)cc5N(c5c(-c6ccccc6)cc(C6CCCCC6)cc5-c5ccccc5)c5cc(-c6ccc(C(C)(C)C)cc6)cc(c53)N4c3c(-c4ccccc4)cc(C4CCCCC4)cc3-c3ccccc3)C=C3C=C(C(C)(C)C)CC4C=CC(=C1)C2C34. The Kier molecular flexibility index (Phi) is 17.3. The number of fused-ring (bicyclic) bond motifs is 4. The maximum atomic E-state index is 2.81. The lowest BCUT2D eigenvalue weighted by Crippen LogP contribution is -2.61. The zero-order valence-electron chi connectivity index (χ0n) is 65.3. The van der Waals surface area contributed by atoms with Crippen molar-refractivity contribution in [2.45, 2.75) is 150 Å². The van der Waals surface area contributed by atoms with Crippen LogP contribution in [0.3, 0.4) is 0 Å². The van der Waals surface area contributed by atoms with Gasteiger partial charge in [-0.3, -0.25) is 0 Å². The maximum absolute atomic E-state index is 2.81. The molecule has 2 fully saturated rings. The molecule has 3 heteroatoms. The quantitative estimate of drug-likeness (QED) is 0.119. The number of rotatable bonds is 11. The van der Waals surface area contributed by atoms with Gasteiger partial charge in [0.2, 0.25) is 0 Å². The van der Waals surface area contributed by atoms with Gasteiger partial charge >= 0.3 is 0 Å². The molecule has 0 N–H and O–H groups in total. The Morgan fingerprint density at radius 2 is 0.807 bits per heavy atom. The molecule has 2 aliphatic heterocycles. The molecule has 2 saturated carbocycles. The van der Waals surface area contributed by atoms with Crippen molar-refractivity contribution in [3.05, 3.63) is 335 Å². The van der Waals surface area contributed by atoms with Gasteiger partial charge in [0.15, 0.2) is 0 Å². The molecule has 8 aliphatic rings. The lowest BCUT2D eigenvalue weighted by Gasteiger charge is -2.48. The van der Waals surface area contributed by atoms with E-state index in [1.165, 1.54) is 232 Å². The monoisotopic (exact) mass is 1410 g/mol. The summed E-state index contributed by atoms with van der Waals surface area (Å²) in [5.74, 6) is 1.97. The highest BCUT2D eigenvalue weighted by molar-refractivity contribution is 7.00. The van der Waals surface area contributed by atoms with Crippen LogP contribution in [0.25, 0.3) is 72.3 Å². The molecule has 109 heavy (non-hydrogen) atoms. The van der Waals surface area contributed by atoms with E-state index in [4.69, 9.17) is 0 Å². The topological polar surface area (TPSA) is 6.48 Å². The Bertz CT molecular complexity index is 5450. The number of anilines is 6. The Balaban J connectivity index is 0.982. The fourth-order valence-electron chi connectivity index (χ4n) is 20.3. The van der Waals surface area contributed by atoms with Crippen LogP contribution >= 0.6 is 0 Å². The first-order valence-corrected chi connectivity index (χ1v) is 41.0. The summed E-state index contributed by atoms with van der Waals surface area (Å²) in [6.45, 7) is 21.3. The van der Waals surface area contributed by atoms with E-state index in [-0.39, 0.29) is 28.9 Å². The van der Waals surface area contributed by atoms with Crippen LogP contribution in [0, 0.1) is 28.6 Å². The van der Waals surface area contributed by atoms with E-state index in [0.717, 1.165) is 6.42 Å². The summed E-state index contributed by atoms with van der Waals surface area (Å²) in [5, 5.41) is 0. The van der Waals surface area contributed by atoms with Crippen molar-refractivity contribution in [2.24, 2.45) is 28.6 Å². The molecule has 3 unspecified atom stereocenters. The molecule has 0 saturated heterocycles. The summed E-state index contributed by atoms with van der Waals surface area (Å²) in [5.41, 5.74) is 39.9. The van der Waals surface area contributed by atoms with E-state index >= 15 is 0 Å². The molecule has 0 spiro atoms. The minimum atomic E-state index is -0.213. The Hall–Kier alpha value is -10.5. The van der Waals surface area contributed by atoms with Crippen LogP contribution in [0.4, 0.5) is 34.1 Å². The molecule has 2 heterocycles. The number of hydrogen-bond donors (Lipinski definition) is 0. The van der Waals surface area contributed by atoms with Gasteiger partial charge in [-0.05, 0) is 226 Å². The van der Waals surface area contributed by atoms with E-state index in [2.05, 4.69) is 357 Å². The molecule has 11 aromatic rings. The maximum Gasteiger partial charge on any atom is 0.252 e. The lowest BCUT2D eigenvalue weighted by atomic mass is 9.33. The second-order valence-corrected chi connectivity index (χ2v) is 36.0. The van der Waals surface area contributed by atoms with Crippen LogP contribution in [0.5, 0.6) is 0 Å². The highest BCUT2D eigenvalue weighted by Crippen LogP contribution is 2.60. The van der Waals surface area contributed by atoms with E-state index in [0.29, 0.717) is 23.7 Å². The van der Waals surface area contributed by atoms with Gasteiger partial charge in [0, 0.05) is 56.8 Å². The Labute approximate surface area is 649 Å². The van der Waals surface area contributed by atoms with Crippen molar-refractivity contribution in [1.82, 2.24) is 0 Å². The van der Waals surface area contributed by atoms with Gasteiger partial charge in [-0.2, -0.15) is 0 Å². The Morgan fingerprint density at radius 3 is 1.29 bits per heavy atom. The van der Waals surface area contributed by atoms with Gasteiger partial charge in [-0.25, -0.2) is 0 Å². The molecule has 3 atom stereocenters.